The molecule has 0 bridgehead atoms. The minimum Gasteiger partial charge on any atom is -0.390 e. The average molecular weight is 233 g/mol. The number of piperidine rings is 1. The van der Waals surface area contributed by atoms with Crippen molar-refractivity contribution >= 4 is 0 Å². The van der Waals surface area contributed by atoms with Gasteiger partial charge in [0.1, 0.15) is 0 Å². The molecule has 1 heterocycles. The molecule has 17 heavy (non-hydrogen) atoms. The number of benzene rings is 1. The smallest absolute Gasteiger partial charge is 0.0672 e. The predicted octanol–water partition coefficient (Wildman–Crippen LogP) is 2.67. The molecule has 1 aliphatic rings. The first-order chi connectivity index (χ1) is 8.12. The van der Waals surface area contributed by atoms with Crippen LogP contribution >= 0.6 is 0 Å². The van der Waals surface area contributed by atoms with Crippen molar-refractivity contribution < 1.29 is 5.11 Å². The lowest BCUT2D eigenvalue weighted by Crippen LogP contribution is -2.49. The summed E-state index contributed by atoms with van der Waals surface area (Å²) in [6.07, 6.45) is 1.94. The van der Waals surface area contributed by atoms with Crippen LogP contribution in [0.4, 0.5) is 0 Å². The summed E-state index contributed by atoms with van der Waals surface area (Å²) >= 11 is 0. The molecule has 1 unspecified atom stereocenters. The largest absolute Gasteiger partial charge is 0.390 e. The van der Waals surface area contributed by atoms with E-state index in [0.717, 1.165) is 32.5 Å². The molecule has 1 N–H and O–H groups in total. The first kappa shape index (κ1) is 12.6. The molecule has 0 aliphatic carbocycles. The first-order valence-corrected chi connectivity index (χ1v) is 6.60. The van der Waals surface area contributed by atoms with Gasteiger partial charge in [-0.2, -0.15) is 0 Å². The third kappa shape index (κ3) is 3.08. The second kappa shape index (κ2) is 5.19. The highest BCUT2D eigenvalue weighted by atomic mass is 16.3. The molecule has 1 saturated heterocycles. The van der Waals surface area contributed by atoms with Gasteiger partial charge in [0.2, 0.25) is 0 Å². The van der Waals surface area contributed by atoms with E-state index in [9.17, 15) is 5.11 Å². The van der Waals surface area contributed by atoms with Crippen LogP contribution in [-0.2, 0) is 6.54 Å². The van der Waals surface area contributed by atoms with Gasteiger partial charge in [-0.3, -0.25) is 4.90 Å². The van der Waals surface area contributed by atoms with Crippen LogP contribution in [0.5, 0.6) is 0 Å². The summed E-state index contributed by atoms with van der Waals surface area (Å²) in [5, 5.41) is 10.3. The average Bonchev–Trinajstić information content (AvgIpc) is 2.33. The van der Waals surface area contributed by atoms with E-state index in [-0.39, 0.29) is 0 Å². The van der Waals surface area contributed by atoms with Crippen LogP contribution in [0.3, 0.4) is 0 Å². The molecule has 1 aliphatic heterocycles. The highest BCUT2D eigenvalue weighted by molar-refractivity contribution is 5.14. The van der Waals surface area contributed by atoms with Gasteiger partial charge < -0.3 is 5.11 Å². The number of hydrogen-bond donors (Lipinski definition) is 1. The molecule has 2 rings (SSSR count). The Kier molecular flexibility index (Phi) is 3.85. The van der Waals surface area contributed by atoms with Crippen molar-refractivity contribution in [2.24, 2.45) is 5.92 Å². The van der Waals surface area contributed by atoms with Gasteiger partial charge in [0, 0.05) is 19.6 Å². The van der Waals surface area contributed by atoms with Crippen molar-refractivity contribution in [3.05, 3.63) is 35.9 Å². The summed E-state index contributed by atoms with van der Waals surface area (Å²) in [6, 6.07) is 10.6. The number of likely N-dealkylation sites (tertiary alicyclic amines) is 1. The van der Waals surface area contributed by atoms with Gasteiger partial charge in [-0.15, -0.1) is 0 Å². The number of hydrogen-bond acceptors (Lipinski definition) is 2. The van der Waals surface area contributed by atoms with E-state index in [1.807, 2.05) is 6.92 Å². The standard InChI is InChI=1S/C15H23NO/c1-3-14-12-16(10-9-15(14,2)17)11-13-7-5-4-6-8-13/h4-8,14,17H,3,9-12H2,1-2H3/t14?,15-/m1/s1. The van der Waals surface area contributed by atoms with E-state index in [1.54, 1.807) is 0 Å². The van der Waals surface area contributed by atoms with Crippen LogP contribution in [0.1, 0.15) is 32.3 Å². The lowest BCUT2D eigenvalue weighted by Gasteiger charge is -2.42. The zero-order valence-electron chi connectivity index (χ0n) is 10.9. The molecule has 0 spiro atoms. The van der Waals surface area contributed by atoms with Gasteiger partial charge in [0.15, 0.2) is 0 Å². The number of aliphatic hydroxyl groups is 1. The summed E-state index contributed by atoms with van der Waals surface area (Å²) in [5.74, 6) is 0.403. The van der Waals surface area contributed by atoms with Gasteiger partial charge in [-0.25, -0.2) is 0 Å². The van der Waals surface area contributed by atoms with Gasteiger partial charge in [-0.1, -0.05) is 37.3 Å². The van der Waals surface area contributed by atoms with Gasteiger partial charge in [0.25, 0.3) is 0 Å². The number of nitrogens with zero attached hydrogens (tertiary/aromatic N) is 1. The van der Waals surface area contributed by atoms with E-state index in [2.05, 4.69) is 42.2 Å². The number of rotatable bonds is 3. The molecule has 2 heteroatoms. The van der Waals surface area contributed by atoms with E-state index >= 15 is 0 Å². The van der Waals surface area contributed by atoms with E-state index in [0.29, 0.717) is 5.92 Å². The minimum absolute atomic E-state index is 0.403. The summed E-state index contributed by atoms with van der Waals surface area (Å²) < 4.78 is 0. The van der Waals surface area contributed by atoms with E-state index in [4.69, 9.17) is 0 Å². The molecule has 1 fully saturated rings. The third-order valence-electron chi connectivity index (χ3n) is 4.03. The van der Waals surface area contributed by atoms with Crippen molar-refractivity contribution in [2.75, 3.05) is 13.1 Å². The zero-order chi connectivity index (χ0) is 12.3. The fourth-order valence-corrected chi connectivity index (χ4v) is 2.74. The topological polar surface area (TPSA) is 23.5 Å². The Labute approximate surface area is 104 Å². The summed E-state index contributed by atoms with van der Waals surface area (Å²) in [4.78, 5) is 2.46. The summed E-state index contributed by atoms with van der Waals surface area (Å²) in [6.45, 7) is 7.18. The Morgan fingerprint density at radius 3 is 2.71 bits per heavy atom. The maximum absolute atomic E-state index is 10.3. The van der Waals surface area contributed by atoms with Crippen LogP contribution < -0.4 is 0 Å². The van der Waals surface area contributed by atoms with Crippen LogP contribution in [0.25, 0.3) is 0 Å². The molecule has 0 saturated carbocycles. The lowest BCUT2D eigenvalue weighted by atomic mass is 9.81. The van der Waals surface area contributed by atoms with Gasteiger partial charge in [0.05, 0.1) is 5.60 Å². The summed E-state index contributed by atoms with van der Waals surface area (Å²) in [7, 11) is 0. The normalized spacial score (nSPS) is 30.4. The molecular formula is C15H23NO. The second-order valence-electron chi connectivity index (χ2n) is 5.43. The molecular weight excluding hydrogens is 210 g/mol. The Morgan fingerprint density at radius 1 is 1.35 bits per heavy atom. The van der Waals surface area contributed by atoms with Gasteiger partial charge >= 0.3 is 0 Å². The Balaban J connectivity index is 1.96. The molecule has 1 aromatic rings. The highest BCUT2D eigenvalue weighted by Gasteiger charge is 2.35. The molecule has 2 atom stereocenters. The molecule has 94 valence electrons. The third-order valence-corrected chi connectivity index (χ3v) is 4.03. The van der Waals surface area contributed by atoms with Crippen LogP contribution in [0.2, 0.25) is 0 Å². The molecule has 1 aromatic carbocycles. The maximum Gasteiger partial charge on any atom is 0.0672 e. The molecule has 0 aromatic heterocycles. The Morgan fingerprint density at radius 2 is 2.06 bits per heavy atom. The molecule has 0 amide bonds. The summed E-state index contributed by atoms with van der Waals surface area (Å²) in [5.41, 5.74) is 0.894. The second-order valence-corrected chi connectivity index (χ2v) is 5.43. The van der Waals surface area contributed by atoms with Crippen molar-refractivity contribution in [2.45, 2.75) is 38.8 Å². The quantitative estimate of drug-likeness (QED) is 0.867. The van der Waals surface area contributed by atoms with Crippen molar-refractivity contribution in [1.29, 1.82) is 0 Å². The van der Waals surface area contributed by atoms with Crippen LogP contribution in [0, 0.1) is 5.92 Å². The Hall–Kier alpha value is -0.860. The van der Waals surface area contributed by atoms with E-state index in [1.165, 1.54) is 5.56 Å². The SMILES string of the molecule is CCC1CN(Cc2ccccc2)CC[C@@]1(C)O. The predicted molar refractivity (Wildman–Crippen MR) is 70.7 cm³/mol. The molecule has 0 radical (unpaired) electrons. The van der Waals surface area contributed by atoms with Crippen molar-refractivity contribution in [1.82, 2.24) is 4.90 Å². The van der Waals surface area contributed by atoms with E-state index < -0.39 is 5.60 Å². The highest BCUT2D eigenvalue weighted by Crippen LogP contribution is 2.30. The van der Waals surface area contributed by atoms with Crippen LogP contribution in [-0.4, -0.2) is 28.7 Å². The fourth-order valence-electron chi connectivity index (χ4n) is 2.74. The maximum atomic E-state index is 10.3. The van der Waals surface area contributed by atoms with Crippen LogP contribution in [0.15, 0.2) is 30.3 Å². The zero-order valence-corrected chi connectivity index (χ0v) is 10.9. The lowest BCUT2D eigenvalue weighted by molar-refractivity contribution is -0.0608. The minimum atomic E-state index is -0.470. The fraction of sp³-hybridized carbons (Fsp3) is 0.600. The van der Waals surface area contributed by atoms with Crippen molar-refractivity contribution in [3.63, 3.8) is 0 Å². The molecule has 2 nitrogen and oxygen atoms in total. The monoisotopic (exact) mass is 233 g/mol. The first-order valence-electron chi connectivity index (χ1n) is 6.60. The van der Waals surface area contributed by atoms with Gasteiger partial charge in [-0.05, 0) is 31.2 Å². The van der Waals surface area contributed by atoms with Crippen molar-refractivity contribution in [3.8, 4) is 0 Å². The Bertz CT molecular complexity index is 347.